The summed E-state index contributed by atoms with van der Waals surface area (Å²) in [6.45, 7) is 12.9. The van der Waals surface area contributed by atoms with Gasteiger partial charge in [-0.3, -0.25) is 19.8 Å². The maximum Gasteiger partial charge on any atom is 0.410 e. The number of piperidine rings is 1. The molecule has 1 saturated heterocycles. The highest BCUT2D eigenvalue weighted by atomic mass is 19.1. The number of benzene rings is 1. The average Bonchev–Trinajstić information content (AvgIpc) is 3.45. The van der Waals surface area contributed by atoms with Gasteiger partial charge in [-0.2, -0.15) is 10.1 Å². The highest BCUT2D eigenvalue weighted by Gasteiger charge is 2.32. The number of aryl methyl sites for hydroxylation is 3. The molecule has 0 aliphatic carbocycles. The first-order valence-electron chi connectivity index (χ1n) is 13.8. The Balaban J connectivity index is 1.38. The predicted octanol–water partition coefficient (Wildman–Crippen LogP) is 4.25. The number of amides is 2. The molecule has 218 valence electrons. The van der Waals surface area contributed by atoms with Crippen LogP contribution in [0.2, 0.25) is 0 Å². The number of nitrogens with zero attached hydrogens (tertiary/aromatic N) is 8. The first-order chi connectivity index (χ1) is 19.3. The van der Waals surface area contributed by atoms with Crippen molar-refractivity contribution in [3.05, 3.63) is 41.2 Å². The van der Waals surface area contributed by atoms with Crippen LogP contribution in [0.1, 0.15) is 62.3 Å². The van der Waals surface area contributed by atoms with Gasteiger partial charge in [0.15, 0.2) is 5.65 Å². The van der Waals surface area contributed by atoms with E-state index in [-0.39, 0.29) is 29.2 Å². The van der Waals surface area contributed by atoms with Gasteiger partial charge < -0.3 is 14.5 Å². The fourth-order valence-electron chi connectivity index (χ4n) is 5.39. The molecule has 0 atom stereocenters. The summed E-state index contributed by atoms with van der Waals surface area (Å²) in [7, 11) is 1.73. The third-order valence-corrected chi connectivity index (χ3v) is 7.12. The van der Waals surface area contributed by atoms with Crippen LogP contribution in [0.4, 0.5) is 20.8 Å². The molecule has 0 saturated carbocycles. The van der Waals surface area contributed by atoms with Crippen molar-refractivity contribution in [3.63, 3.8) is 0 Å². The molecule has 1 N–H and O–H groups in total. The Bertz CT molecular complexity index is 1630. The standard InChI is InChI=1S/C28H36FN9O3/c1-8-37(27(40)41-28(4,5)6)18-9-11-36(12-10-18)21-13-20(29)22(23-19(21)15-35(7)33-23)25(39)32-26-31-24-17(3)30-16(2)14-38(24)34-26/h13-15,18H,8-12H2,1-7H3,(H,32,34,39). The van der Waals surface area contributed by atoms with E-state index < -0.39 is 17.3 Å². The molecular formula is C28H36FN9O3. The lowest BCUT2D eigenvalue weighted by Gasteiger charge is -2.39. The van der Waals surface area contributed by atoms with Gasteiger partial charge >= 0.3 is 6.09 Å². The Morgan fingerprint density at radius 2 is 1.85 bits per heavy atom. The van der Waals surface area contributed by atoms with Gasteiger partial charge in [-0.15, -0.1) is 5.10 Å². The van der Waals surface area contributed by atoms with E-state index >= 15 is 4.39 Å². The number of hydrogen-bond donors (Lipinski definition) is 1. The zero-order valence-corrected chi connectivity index (χ0v) is 24.5. The highest BCUT2D eigenvalue weighted by Crippen LogP contribution is 2.34. The van der Waals surface area contributed by atoms with Crippen molar-refractivity contribution >= 4 is 40.2 Å². The Morgan fingerprint density at radius 3 is 2.51 bits per heavy atom. The monoisotopic (exact) mass is 565 g/mol. The summed E-state index contributed by atoms with van der Waals surface area (Å²) in [5.41, 5.74) is 2.09. The van der Waals surface area contributed by atoms with Crippen molar-refractivity contribution in [2.24, 2.45) is 7.05 Å². The predicted molar refractivity (Wildman–Crippen MR) is 153 cm³/mol. The molecule has 4 aromatic rings. The summed E-state index contributed by atoms with van der Waals surface area (Å²) in [4.78, 5) is 38.6. The van der Waals surface area contributed by atoms with Crippen molar-refractivity contribution < 1.29 is 18.7 Å². The van der Waals surface area contributed by atoms with Gasteiger partial charge in [-0.1, -0.05) is 0 Å². The number of anilines is 2. The minimum atomic E-state index is -0.689. The van der Waals surface area contributed by atoms with Crippen LogP contribution in [0.15, 0.2) is 18.5 Å². The number of aromatic nitrogens is 6. The summed E-state index contributed by atoms with van der Waals surface area (Å²) in [5, 5.41) is 12.0. The summed E-state index contributed by atoms with van der Waals surface area (Å²) in [6.07, 6.45) is 4.56. The molecule has 1 aliphatic rings. The lowest BCUT2D eigenvalue weighted by molar-refractivity contribution is 0.0149. The van der Waals surface area contributed by atoms with Gasteiger partial charge in [0, 0.05) is 44.3 Å². The fourth-order valence-corrected chi connectivity index (χ4v) is 5.39. The van der Waals surface area contributed by atoms with Gasteiger partial charge in [0.25, 0.3) is 5.91 Å². The molecule has 13 heteroatoms. The fraction of sp³-hybridized carbons (Fsp3) is 0.500. The van der Waals surface area contributed by atoms with E-state index in [2.05, 4.69) is 30.4 Å². The molecule has 1 aromatic carbocycles. The Kier molecular flexibility index (Phi) is 7.30. The van der Waals surface area contributed by atoms with Crippen molar-refractivity contribution in [2.45, 2.75) is 66.0 Å². The minimum absolute atomic E-state index is 0.0194. The Hall–Kier alpha value is -4.29. The Labute approximate surface area is 237 Å². The second-order valence-corrected chi connectivity index (χ2v) is 11.4. The minimum Gasteiger partial charge on any atom is -0.444 e. The van der Waals surface area contributed by atoms with Crippen LogP contribution < -0.4 is 10.2 Å². The smallest absolute Gasteiger partial charge is 0.410 e. The molecule has 0 radical (unpaired) electrons. The number of carbonyl (C=O) groups excluding carboxylic acids is 2. The van der Waals surface area contributed by atoms with Crippen LogP contribution in [0.5, 0.6) is 0 Å². The van der Waals surface area contributed by atoms with Crippen molar-refractivity contribution in [3.8, 4) is 0 Å². The second-order valence-electron chi connectivity index (χ2n) is 11.4. The lowest BCUT2D eigenvalue weighted by Crippen LogP contribution is -2.48. The van der Waals surface area contributed by atoms with Crippen LogP contribution in [-0.4, -0.2) is 77.5 Å². The molecule has 1 aliphatic heterocycles. The maximum atomic E-state index is 15.7. The molecule has 5 rings (SSSR count). The third kappa shape index (κ3) is 5.66. The molecule has 2 amide bonds. The van der Waals surface area contributed by atoms with Crippen molar-refractivity contribution in [1.82, 2.24) is 34.3 Å². The number of rotatable bonds is 5. The number of halogens is 1. The highest BCUT2D eigenvalue weighted by molar-refractivity contribution is 6.13. The van der Waals surface area contributed by atoms with Crippen LogP contribution in [0.3, 0.4) is 0 Å². The SMILES string of the molecule is CCN(C(=O)OC(C)(C)C)C1CCN(c2cc(F)c(C(=O)Nc3nc4c(C)nc(C)cn4n3)c3nn(C)cc23)CC1. The van der Waals surface area contributed by atoms with Gasteiger partial charge in [0.2, 0.25) is 5.95 Å². The number of carbonyl (C=O) groups is 2. The quantitative estimate of drug-likeness (QED) is 0.381. The van der Waals surface area contributed by atoms with Gasteiger partial charge in [0.1, 0.15) is 22.5 Å². The van der Waals surface area contributed by atoms with E-state index in [0.717, 1.165) is 5.69 Å². The zero-order chi connectivity index (χ0) is 29.6. The topological polar surface area (TPSA) is 123 Å². The average molecular weight is 566 g/mol. The van der Waals surface area contributed by atoms with E-state index in [4.69, 9.17) is 4.74 Å². The number of fused-ring (bicyclic) bond motifs is 2. The molecule has 3 aromatic heterocycles. The normalized spacial score (nSPS) is 14.6. The summed E-state index contributed by atoms with van der Waals surface area (Å²) in [5.74, 6) is -1.33. The largest absolute Gasteiger partial charge is 0.444 e. The summed E-state index contributed by atoms with van der Waals surface area (Å²) in [6, 6.07) is 1.41. The molecule has 0 spiro atoms. The van der Waals surface area contributed by atoms with E-state index in [9.17, 15) is 9.59 Å². The second kappa shape index (κ2) is 10.6. The van der Waals surface area contributed by atoms with Gasteiger partial charge in [-0.05, 0) is 60.5 Å². The summed E-state index contributed by atoms with van der Waals surface area (Å²) >= 11 is 0. The first kappa shape index (κ1) is 28.2. The van der Waals surface area contributed by atoms with Crippen LogP contribution in [0, 0.1) is 19.7 Å². The van der Waals surface area contributed by atoms with E-state index in [1.807, 2.05) is 34.6 Å². The van der Waals surface area contributed by atoms with Crippen LogP contribution in [-0.2, 0) is 11.8 Å². The number of ether oxygens (including phenoxy) is 1. The number of nitrogens with one attached hydrogen (secondary N) is 1. The van der Waals surface area contributed by atoms with Gasteiger partial charge in [-0.25, -0.2) is 13.7 Å². The van der Waals surface area contributed by atoms with E-state index in [1.54, 1.807) is 35.9 Å². The van der Waals surface area contributed by atoms with E-state index in [1.165, 1.54) is 10.6 Å². The van der Waals surface area contributed by atoms with E-state index in [0.29, 0.717) is 54.9 Å². The molecule has 0 unspecified atom stereocenters. The lowest BCUT2D eigenvalue weighted by atomic mass is 10.0. The molecule has 1 fully saturated rings. The van der Waals surface area contributed by atoms with Crippen molar-refractivity contribution in [2.75, 3.05) is 29.9 Å². The first-order valence-corrected chi connectivity index (χ1v) is 13.8. The molecule has 12 nitrogen and oxygen atoms in total. The van der Waals surface area contributed by atoms with Crippen molar-refractivity contribution in [1.29, 1.82) is 0 Å². The molecule has 41 heavy (non-hydrogen) atoms. The molecule has 0 bridgehead atoms. The molecular weight excluding hydrogens is 529 g/mol. The van der Waals surface area contributed by atoms with Crippen LogP contribution in [0.25, 0.3) is 16.6 Å². The maximum absolute atomic E-state index is 15.7. The zero-order valence-electron chi connectivity index (χ0n) is 24.5. The summed E-state index contributed by atoms with van der Waals surface area (Å²) < 4.78 is 24.4. The van der Waals surface area contributed by atoms with Crippen LogP contribution >= 0.6 is 0 Å². The molecule has 4 heterocycles. The third-order valence-electron chi connectivity index (χ3n) is 7.12. The number of hydrogen-bond acceptors (Lipinski definition) is 8. The Morgan fingerprint density at radius 1 is 1.15 bits per heavy atom. The van der Waals surface area contributed by atoms with Gasteiger partial charge in [0.05, 0.1) is 23.3 Å².